The molecule has 0 saturated carbocycles. The molecule has 0 spiro atoms. The molecule has 12 heteroatoms. The first kappa shape index (κ1) is 30.3. The molecular formula is C31H30FN3O6S2. The highest BCUT2D eigenvalue weighted by Crippen LogP contribution is 2.45. The minimum atomic E-state index is -1.04. The van der Waals surface area contributed by atoms with E-state index in [1.165, 1.54) is 34.9 Å². The molecular weight excluding hydrogens is 593 g/mol. The van der Waals surface area contributed by atoms with Gasteiger partial charge in [-0.1, -0.05) is 54.6 Å². The predicted octanol–water partition coefficient (Wildman–Crippen LogP) is 7.23. The molecule has 9 nitrogen and oxygen atoms in total. The van der Waals surface area contributed by atoms with Crippen molar-refractivity contribution in [3.05, 3.63) is 94.4 Å². The van der Waals surface area contributed by atoms with Crippen molar-refractivity contribution in [2.75, 3.05) is 18.1 Å². The fourth-order valence-electron chi connectivity index (χ4n) is 4.53. The number of aliphatic hydroxyl groups excluding tert-OH is 1. The number of anilines is 1. The Morgan fingerprint density at radius 1 is 1.09 bits per heavy atom. The van der Waals surface area contributed by atoms with E-state index in [0.717, 1.165) is 29.7 Å². The van der Waals surface area contributed by atoms with E-state index >= 15 is 0 Å². The number of nitrogens with zero attached hydrogens (tertiary/aromatic N) is 3. The first-order chi connectivity index (χ1) is 20.8. The first-order valence-electron chi connectivity index (χ1n) is 13.8. The van der Waals surface area contributed by atoms with Crippen molar-refractivity contribution in [3.63, 3.8) is 0 Å². The lowest BCUT2D eigenvalue weighted by atomic mass is 9.95. The van der Waals surface area contributed by atoms with E-state index in [9.17, 15) is 19.1 Å². The Morgan fingerprint density at radius 3 is 2.58 bits per heavy atom. The van der Waals surface area contributed by atoms with Gasteiger partial charge in [-0.25, -0.2) is 4.39 Å². The van der Waals surface area contributed by atoms with Crippen LogP contribution in [0.1, 0.15) is 60.2 Å². The van der Waals surface area contributed by atoms with E-state index in [4.69, 9.17) is 13.9 Å². The van der Waals surface area contributed by atoms with Crippen LogP contribution in [-0.4, -0.2) is 40.2 Å². The number of amides is 1. The number of carbonyl (C=O) groups excluding carboxylic acids is 2. The lowest BCUT2D eigenvalue weighted by Crippen LogP contribution is -2.31. The summed E-state index contributed by atoms with van der Waals surface area (Å²) in [5.74, 6) is -0.420. The number of aryl methyl sites for hydroxylation is 1. The summed E-state index contributed by atoms with van der Waals surface area (Å²) in [7, 11) is 0. The van der Waals surface area contributed by atoms with Gasteiger partial charge in [0.2, 0.25) is 10.9 Å². The summed E-state index contributed by atoms with van der Waals surface area (Å²) in [6.07, 6.45) is 1.84. The van der Waals surface area contributed by atoms with Crippen LogP contribution in [-0.2, 0) is 10.5 Å². The third-order valence-corrected chi connectivity index (χ3v) is 8.76. The Labute approximate surface area is 256 Å². The van der Waals surface area contributed by atoms with E-state index in [2.05, 4.69) is 17.1 Å². The quantitative estimate of drug-likeness (QED) is 0.0713. The Bertz CT molecular complexity index is 1650. The molecule has 0 fully saturated rings. The average Bonchev–Trinajstić information content (AvgIpc) is 3.71. The molecule has 1 N–H and O–H groups in total. The van der Waals surface area contributed by atoms with Crippen LogP contribution in [0.3, 0.4) is 0 Å². The molecule has 1 unspecified atom stereocenters. The number of aromatic nitrogens is 2. The van der Waals surface area contributed by atoms with Crippen molar-refractivity contribution < 1.29 is 33.0 Å². The molecule has 5 rings (SSSR count). The van der Waals surface area contributed by atoms with E-state index in [-0.39, 0.29) is 22.3 Å². The maximum Gasteiger partial charge on any atom is 0.296 e. The van der Waals surface area contributed by atoms with Gasteiger partial charge in [0.1, 0.15) is 11.6 Å². The summed E-state index contributed by atoms with van der Waals surface area (Å²) in [5, 5.41) is 19.8. The fourth-order valence-corrected chi connectivity index (χ4v) is 6.36. The maximum absolute atomic E-state index is 13.7. The number of hydrogen-bond donors (Lipinski definition) is 1. The monoisotopic (exact) mass is 623 g/mol. The van der Waals surface area contributed by atoms with Gasteiger partial charge < -0.3 is 19.0 Å². The molecule has 224 valence electrons. The van der Waals surface area contributed by atoms with Gasteiger partial charge in [0.25, 0.3) is 5.91 Å². The van der Waals surface area contributed by atoms with Crippen LogP contribution in [0.2, 0.25) is 0 Å². The van der Waals surface area contributed by atoms with Crippen molar-refractivity contribution in [3.8, 4) is 11.5 Å². The number of furan rings is 1. The zero-order valence-corrected chi connectivity index (χ0v) is 25.5. The third-order valence-electron chi connectivity index (χ3n) is 6.63. The van der Waals surface area contributed by atoms with Crippen molar-refractivity contribution in [2.45, 2.75) is 49.7 Å². The molecule has 4 aromatic rings. The SMILES string of the molecule is CCCCOc1ccc(C2C(C(=O)c3ccc(C)o3)=C(O)C(=O)N2c2nnc(SCc3ccc(F)cc3)s2)cc1OCC. The summed E-state index contributed by atoms with van der Waals surface area (Å²) in [6, 6.07) is 13.4. The summed E-state index contributed by atoms with van der Waals surface area (Å²) in [4.78, 5) is 28.6. The number of rotatable bonds is 13. The number of Topliss-reactive ketones (excluding diaryl/α,β-unsaturated/α-hetero) is 1. The summed E-state index contributed by atoms with van der Waals surface area (Å²) in [6.45, 7) is 6.49. The predicted molar refractivity (Wildman–Crippen MR) is 162 cm³/mol. The van der Waals surface area contributed by atoms with Gasteiger partial charge >= 0.3 is 0 Å². The highest BCUT2D eigenvalue weighted by molar-refractivity contribution is 8.00. The van der Waals surface area contributed by atoms with Crippen molar-refractivity contribution >= 4 is 39.9 Å². The van der Waals surface area contributed by atoms with Crippen molar-refractivity contribution in [1.82, 2.24) is 10.2 Å². The highest BCUT2D eigenvalue weighted by Gasteiger charge is 2.47. The summed E-state index contributed by atoms with van der Waals surface area (Å²) >= 11 is 2.52. The lowest BCUT2D eigenvalue weighted by Gasteiger charge is -2.25. The molecule has 2 aromatic carbocycles. The molecule has 1 aliphatic heterocycles. The number of thioether (sulfide) groups is 1. The molecule has 0 saturated heterocycles. The minimum absolute atomic E-state index is 0.00365. The van der Waals surface area contributed by atoms with Gasteiger partial charge in [-0.05, 0) is 67.8 Å². The van der Waals surface area contributed by atoms with Gasteiger partial charge in [-0.15, -0.1) is 10.2 Å². The fraction of sp³-hybridized carbons (Fsp3) is 0.290. The first-order valence-corrected chi connectivity index (χ1v) is 15.6. The molecule has 43 heavy (non-hydrogen) atoms. The molecule has 0 bridgehead atoms. The number of halogens is 1. The molecule has 3 heterocycles. The van der Waals surface area contributed by atoms with E-state index in [1.807, 2.05) is 6.92 Å². The summed E-state index contributed by atoms with van der Waals surface area (Å²) < 4.78 is 31.2. The van der Waals surface area contributed by atoms with Crippen LogP contribution in [0.15, 0.2) is 74.7 Å². The molecule has 1 atom stereocenters. The van der Waals surface area contributed by atoms with Crippen LogP contribution < -0.4 is 14.4 Å². The van der Waals surface area contributed by atoms with Gasteiger partial charge in [0.05, 0.1) is 24.8 Å². The standard InChI is InChI=1S/C31H30FN3O6S2/c1-4-6-15-40-22-14-10-20(16-24(22)39-5-2)26-25(27(36)23-13-7-18(3)41-23)28(37)29(38)35(26)30-33-34-31(43-30)42-17-19-8-11-21(32)12-9-19/h7-14,16,26,37H,4-6,15,17H2,1-3H3. The minimum Gasteiger partial charge on any atom is -0.503 e. The summed E-state index contributed by atoms with van der Waals surface area (Å²) in [5.41, 5.74) is 1.26. The van der Waals surface area contributed by atoms with Crippen molar-refractivity contribution in [2.24, 2.45) is 0 Å². The van der Waals surface area contributed by atoms with Crippen LogP contribution in [0.25, 0.3) is 0 Å². The van der Waals surface area contributed by atoms with E-state index in [1.54, 1.807) is 43.3 Å². The Hall–Kier alpha value is -4.16. The zero-order chi connectivity index (χ0) is 30.5. The number of ketones is 1. The normalized spacial score (nSPS) is 14.9. The van der Waals surface area contributed by atoms with E-state index in [0.29, 0.717) is 46.1 Å². The molecule has 0 aliphatic carbocycles. The largest absolute Gasteiger partial charge is 0.503 e. The number of ether oxygens (including phenoxy) is 2. The van der Waals surface area contributed by atoms with Gasteiger partial charge in [0.15, 0.2) is 27.4 Å². The number of unbranched alkanes of at least 4 members (excludes halogenated alkanes) is 1. The van der Waals surface area contributed by atoms with E-state index < -0.39 is 23.5 Å². The average molecular weight is 624 g/mol. The smallest absolute Gasteiger partial charge is 0.296 e. The van der Waals surface area contributed by atoms with Crippen LogP contribution >= 0.6 is 23.1 Å². The Kier molecular flexibility index (Phi) is 9.46. The topological polar surface area (TPSA) is 115 Å². The van der Waals surface area contributed by atoms with Crippen LogP contribution in [0, 0.1) is 12.7 Å². The maximum atomic E-state index is 13.7. The van der Waals surface area contributed by atoms with Gasteiger partial charge in [-0.2, -0.15) is 0 Å². The third kappa shape index (κ3) is 6.60. The Morgan fingerprint density at radius 2 is 1.88 bits per heavy atom. The number of carbonyl (C=O) groups is 2. The van der Waals surface area contributed by atoms with Crippen molar-refractivity contribution in [1.29, 1.82) is 0 Å². The van der Waals surface area contributed by atoms with Gasteiger partial charge in [0, 0.05) is 5.75 Å². The number of benzene rings is 2. The second-order valence-corrected chi connectivity index (χ2v) is 11.9. The molecule has 1 aliphatic rings. The highest BCUT2D eigenvalue weighted by atomic mass is 32.2. The van der Waals surface area contributed by atoms with Gasteiger partial charge in [-0.3, -0.25) is 14.5 Å². The molecule has 2 aromatic heterocycles. The number of hydrogen-bond acceptors (Lipinski definition) is 10. The Balaban J connectivity index is 1.52. The lowest BCUT2D eigenvalue weighted by molar-refractivity contribution is -0.117. The zero-order valence-electron chi connectivity index (χ0n) is 23.8. The molecule has 1 amide bonds. The van der Waals surface area contributed by atoms with Crippen LogP contribution in [0.4, 0.5) is 9.52 Å². The number of aliphatic hydroxyl groups is 1. The van der Waals surface area contributed by atoms with Crippen LogP contribution in [0.5, 0.6) is 11.5 Å². The second kappa shape index (κ2) is 13.4. The molecule has 0 radical (unpaired) electrons. The second-order valence-electron chi connectivity index (χ2n) is 9.69.